The van der Waals surface area contributed by atoms with Gasteiger partial charge in [-0.05, 0) is 12.3 Å². The van der Waals surface area contributed by atoms with E-state index < -0.39 is 0 Å². The van der Waals surface area contributed by atoms with Gasteiger partial charge in [-0.2, -0.15) is 0 Å². The number of imidazole rings is 1. The van der Waals surface area contributed by atoms with Gasteiger partial charge in [-0.3, -0.25) is 0 Å². The molecule has 116 valence electrons. The molecule has 0 aliphatic heterocycles. The quantitative estimate of drug-likeness (QED) is 0.888. The van der Waals surface area contributed by atoms with E-state index in [9.17, 15) is 0 Å². The van der Waals surface area contributed by atoms with Crippen molar-refractivity contribution < 1.29 is 9.47 Å². The molecule has 0 bridgehead atoms. The van der Waals surface area contributed by atoms with E-state index in [-0.39, 0.29) is 6.04 Å². The normalized spacial score (nSPS) is 12.9. The maximum absolute atomic E-state index is 6.23. The lowest BCUT2D eigenvalue weighted by Crippen LogP contribution is -2.17. The molecule has 0 aliphatic rings. The number of hydrogen-bond donors (Lipinski definition) is 1. The van der Waals surface area contributed by atoms with Crippen molar-refractivity contribution in [2.24, 2.45) is 11.7 Å². The van der Waals surface area contributed by atoms with Gasteiger partial charge in [0.15, 0.2) is 11.5 Å². The minimum atomic E-state index is -0.0619. The summed E-state index contributed by atoms with van der Waals surface area (Å²) < 4.78 is 13.0. The molecule has 0 aliphatic carbocycles. The highest BCUT2D eigenvalue weighted by atomic mass is 16.5. The number of rotatable bonds is 6. The summed E-state index contributed by atoms with van der Waals surface area (Å²) in [7, 11) is 3.28. The Bertz CT molecular complexity index is 619. The van der Waals surface area contributed by atoms with E-state index in [1.807, 2.05) is 12.1 Å². The molecule has 5 nitrogen and oxygen atoms in total. The maximum Gasteiger partial charge on any atom is 0.163 e. The third kappa shape index (κ3) is 2.97. The zero-order valence-electron chi connectivity index (χ0n) is 13.5. The van der Waals surface area contributed by atoms with Gasteiger partial charge in [0.1, 0.15) is 5.82 Å². The lowest BCUT2D eigenvalue weighted by Gasteiger charge is -2.15. The zero-order valence-corrected chi connectivity index (χ0v) is 13.5. The largest absolute Gasteiger partial charge is 0.493 e. The predicted octanol–water partition coefficient (Wildman–Crippen LogP) is 3.12. The van der Waals surface area contributed by atoms with E-state index >= 15 is 0 Å². The fraction of sp³-hybridized carbons (Fsp3) is 0.562. The lowest BCUT2D eigenvalue weighted by atomic mass is 10.2. The molecule has 0 saturated carbocycles. The minimum Gasteiger partial charge on any atom is -0.493 e. The third-order valence-electron chi connectivity index (χ3n) is 3.60. The molecular weight excluding hydrogens is 266 g/mol. The average molecular weight is 291 g/mol. The molecule has 21 heavy (non-hydrogen) atoms. The van der Waals surface area contributed by atoms with Crippen molar-refractivity contribution in [1.82, 2.24) is 9.55 Å². The number of hydrogen-bond acceptors (Lipinski definition) is 4. The highest BCUT2D eigenvalue weighted by molar-refractivity contribution is 5.80. The highest BCUT2D eigenvalue weighted by Crippen LogP contribution is 2.33. The number of fused-ring (bicyclic) bond motifs is 1. The van der Waals surface area contributed by atoms with Crippen molar-refractivity contribution in [2.75, 3.05) is 14.2 Å². The molecule has 1 aromatic heterocycles. The van der Waals surface area contributed by atoms with Crippen LogP contribution in [-0.4, -0.2) is 23.8 Å². The van der Waals surface area contributed by atoms with Crippen LogP contribution in [0.25, 0.3) is 11.0 Å². The Morgan fingerprint density at radius 3 is 2.33 bits per heavy atom. The van der Waals surface area contributed by atoms with Gasteiger partial charge in [0.05, 0.1) is 31.3 Å². The van der Waals surface area contributed by atoms with Crippen LogP contribution in [0, 0.1) is 5.92 Å². The van der Waals surface area contributed by atoms with Gasteiger partial charge in [-0.15, -0.1) is 0 Å². The summed E-state index contributed by atoms with van der Waals surface area (Å²) in [5, 5.41) is 0. The molecule has 2 N–H and O–H groups in total. The topological polar surface area (TPSA) is 62.3 Å². The van der Waals surface area contributed by atoms with Gasteiger partial charge >= 0.3 is 0 Å². The molecule has 5 heteroatoms. The summed E-state index contributed by atoms with van der Waals surface area (Å²) in [6.45, 7) is 7.33. The van der Waals surface area contributed by atoms with Crippen molar-refractivity contribution in [2.45, 2.75) is 39.8 Å². The van der Waals surface area contributed by atoms with Crippen LogP contribution in [-0.2, 0) is 6.54 Å². The Morgan fingerprint density at radius 2 is 1.81 bits per heavy atom. The number of benzene rings is 1. The average Bonchev–Trinajstić information content (AvgIpc) is 2.82. The van der Waals surface area contributed by atoms with E-state index in [1.165, 1.54) is 0 Å². The smallest absolute Gasteiger partial charge is 0.163 e. The second-order valence-corrected chi connectivity index (χ2v) is 5.69. The second-order valence-electron chi connectivity index (χ2n) is 5.69. The van der Waals surface area contributed by atoms with Crippen LogP contribution in [0.15, 0.2) is 12.1 Å². The monoisotopic (exact) mass is 291 g/mol. The SMILES string of the molecule is CCC(N)c1nc2cc(OC)c(OC)cc2n1CC(C)C. The Balaban J connectivity index is 2.67. The van der Waals surface area contributed by atoms with Crippen LogP contribution in [0.5, 0.6) is 11.5 Å². The van der Waals surface area contributed by atoms with Gasteiger partial charge in [0.25, 0.3) is 0 Å². The Labute approximate surface area is 126 Å². The molecule has 1 aromatic carbocycles. The standard InChI is InChI=1S/C16H25N3O2/c1-6-11(17)16-18-12-7-14(20-4)15(21-5)8-13(12)19(16)9-10(2)3/h7-8,10-11H,6,9,17H2,1-5H3. The minimum absolute atomic E-state index is 0.0619. The summed E-state index contributed by atoms with van der Waals surface area (Å²) in [5.74, 6) is 2.84. The molecule has 0 spiro atoms. The summed E-state index contributed by atoms with van der Waals surface area (Å²) in [6.07, 6.45) is 0.857. The Kier molecular flexibility index (Phi) is 4.73. The molecule has 2 rings (SSSR count). The fourth-order valence-electron chi connectivity index (χ4n) is 2.49. The van der Waals surface area contributed by atoms with Gasteiger partial charge in [-0.1, -0.05) is 20.8 Å². The first-order chi connectivity index (χ1) is 10.0. The third-order valence-corrected chi connectivity index (χ3v) is 3.60. The van der Waals surface area contributed by atoms with Crippen molar-refractivity contribution in [3.8, 4) is 11.5 Å². The van der Waals surface area contributed by atoms with Gasteiger partial charge in [0, 0.05) is 18.7 Å². The van der Waals surface area contributed by atoms with E-state index in [4.69, 9.17) is 20.2 Å². The highest BCUT2D eigenvalue weighted by Gasteiger charge is 2.19. The molecule has 1 atom stereocenters. The van der Waals surface area contributed by atoms with E-state index in [0.29, 0.717) is 17.4 Å². The number of methoxy groups -OCH3 is 2. The summed E-state index contributed by atoms with van der Waals surface area (Å²) in [5.41, 5.74) is 8.17. The van der Waals surface area contributed by atoms with Crippen LogP contribution in [0.4, 0.5) is 0 Å². The fourth-order valence-corrected chi connectivity index (χ4v) is 2.49. The van der Waals surface area contributed by atoms with E-state index in [0.717, 1.165) is 29.8 Å². The van der Waals surface area contributed by atoms with Crippen LogP contribution in [0.3, 0.4) is 0 Å². The number of nitrogens with zero attached hydrogens (tertiary/aromatic N) is 2. The van der Waals surface area contributed by atoms with Gasteiger partial charge in [0.2, 0.25) is 0 Å². The van der Waals surface area contributed by atoms with Crippen LogP contribution in [0.1, 0.15) is 39.1 Å². The first-order valence-electron chi connectivity index (χ1n) is 7.39. The van der Waals surface area contributed by atoms with Crippen molar-refractivity contribution in [3.05, 3.63) is 18.0 Å². The predicted molar refractivity (Wildman–Crippen MR) is 84.9 cm³/mol. The molecule has 0 radical (unpaired) electrons. The summed E-state index contributed by atoms with van der Waals surface area (Å²) in [4.78, 5) is 4.72. The first-order valence-corrected chi connectivity index (χ1v) is 7.39. The van der Waals surface area contributed by atoms with E-state index in [2.05, 4.69) is 25.3 Å². The molecule has 1 unspecified atom stereocenters. The molecule has 0 fully saturated rings. The molecular formula is C16H25N3O2. The van der Waals surface area contributed by atoms with Gasteiger partial charge < -0.3 is 19.8 Å². The Morgan fingerprint density at radius 1 is 1.19 bits per heavy atom. The van der Waals surface area contributed by atoms with E-state index in [1.54, 1.807) is 14.2 Å². The van der Waals surface area contributed by atoms with Crippen LogP contribution >= 0.6 is 0 Å². The molecule has 0 saturated heterocycles. The van der Waals surface area contributed by atoms with Crippen LogP contribution in [0.2, 0.25) is 0 Å². The molecule has 2 aromatic rings. The number of ether oxygens (including phenoxy) is 2. The van der Waals surface area contributed by atoms with Crippen molar-refractivity contribution in [1.29, 1.82) is 0 Å². The number of nitrogens with two attached hydrogens (primary N) is 1. The zero-order chi connectivity index (χ0) is 15.6. The first kappa shape index (κ1) is 15.6. The summed E-state index contributed by atoms with van der Waals surface area (Å²) in [6, 6.07) is 3.83. The van der Waals surface area contributed by atoms with Crippen molar-refractivity contribution in [3.63, 3.8) is 0 Å². The molecule has 1 heterocycles. The Hall–Kier alpha value is -1.75. The number of aromatic nitrogens is 2. The molecule has 0 amide bonds. The lowest BCUT2D eigenvalue weighted by molar-refractivity contribution is 0.355. The van der Waals surface area contributed by atoms with Crippen LogP contribution < -0.4 is 15.2 Å². The van der Waals surface area contributed by atoms with Crippen molar-refractivity contribution >= 4 is 11.0 Å². The summed E-state index contributed by atoms with van der Waals surface area (Å²) >= 11 is 0. The second kappa shape index (κ2) is 6.35. The maximum atomic E-state index is 6.23. The van der Waals surface area contributed by atoms with Gasteiger partial charge in [-0.25, -0.2) is 4.98 Å².